The van der Waals surface area contributed by atoms with Gasteiger partial charge in [0.25, 0.3) is 0 Å². The van der Waals surface area contributed by atoms with E-state index >= 15 is 0 Å². The normalized spacial score (nSPS) is 20.2. The summed E-state index contributed by atoms with van der Waals surface area (Å²) in [5.41, 5.74) is 4.13. The molecule has 2 aliphatic carbocycles. The fraction of sp³-hybridized carbons (Fsp3) is 0.667. The molecule has 3 heteroatoms. The molecular weight excluding hydrogens is 262 g/mol. The SMILES string of the molecule is OC(CNc1cccc2c1CCCC2)COC1CCCC1. The third kappa shape index (κ3) is 3.98. The van der Waals surface area contributed by atoms with Gasteiger partial charge in [0.15, 0.2) is 0 Å². The second-order valence-electron chi connectivity index (χ2n) is 6.42. The van der Waals surface area contributed by atoms with Crippen molar-refractivity contribution in [2.45, 2.75) is 63.6 Å². The van der Waals surface area contributed by atoms with Crippen molar-refractivity contribution < 1.29 is 9.84 Å². The maximum Gasteiger partial charge on any atom is 0.0945 e. The van der Waals surface area contributed by atoms with E-state index in [1.54, 1.807) is 0 Å². The van der Waals surface area contributed by atoms with Crippen LogP contribution in [0.2, 0.25) is 0 Å². The molecule has 1 fully saturated rings. The average Bonchev–Trinajstić information content (AvgIpc) is 3.04. The molecule has 116 valence electrons. The summed E-state index contributed by atoms with van der Waals surface area (Å²) in [4.78, 5) is 0. The Hall–Kier alpha value is -1.06. The zero-order valence-electron chi connectivity index (χ0n) is 12.8. The molecule has 0 aromatic heterocycles. The van der Waals surface area contributed by atoms with Crippen LogP contribution in [0.4, 0.5) is 5.69 Å². The van der Waals surface area contributed by atoms with E-state index in [1.807, 2.05) is 0 Å². The Morgan fingerprint density at radius 1 is 1.14 bits per heavy atom. The molecule has 0 radical (unpaired) electrons. The summed E-state index contributed by atoms with van der Waals surface area (Å²) in [6, 6.07) is 6.49. The fourth-order valence-corrected chi connectivity index (χ4v) is 3.54. The van der Waals surface area contributed by atoms with Crippen molar-refractivity contribution in [3.8, 4) is 0 Å². The van der Waals surface area contributed by atoms with E-state index in [2.05, 4.69) is 23.5 Å². The minimum atomic E-state index is -0.426. The molecule has 21 heavy (non-hydrogen) atoms. The molecule has 2 aliphatic rings. The molecule has 0 saturated heterocycles. The van der Waals surface area contributed by atoms with Crippen LogP contribution in [0.3, 0.4) is 0 Å². The van der Waals surface area contributed by atoms with E-state index in [-0.39, 0.29) is 0 Å². The Kier molecular flexibility index (Phi) is 5.15. The van der Waals surface area contributed by atoms with Gasteiger partial charge in [-0.1, -0.05) is 25.0 Å². The molecule has 1 unspecified atom stereocenters. The Balaban J connectivity index is 1.48. The first kappa shape index (κ1) is 14.9. The van der Waals surface area contributed by atoms with Crippen LogP contribution < -0.4 is 5.32 Å². The summed E-state index contributed by atoms with van der Waals surface area (Å²) in [6.45, 7) is 1.02. The lowest BCUT2D eigenvalue weighted by molar-refractivity contribution is -0.00117. The summed E-state index contributed by atoms with van der Waals surface area (Å²) in [5, 5.41) is 13.5. The number of aliphatic hydroxyl groups excluding tert-OH is 1. The van der Waals surface area contributed by atoms with Crippen molar-refractivity contribution in [1.82, 2.24) is 0 Å². The van der Waals surface area contributed by atoms with Gasteiger partial charge >= 0.3 is 0 Å². The molecule has 0 heterocycles. The molecule has 1 atom stereocenters. The summed E-state index contributed by atoms with van der Waals surface area (Å²) in [6.07, 6.45) is 9.75. The number of aliphatic hydroxyl groups is 1. The number of benzene rings is 1. The lowest BCUT2D eigenvalue weighted by atomic mass is 9.90. The largest absolute Gasteiger partial charge is 0.389 e. The molecule has 3 rings (SSSR count). The smallest absolute Gasteiger partial charge is 0.0945 e. The number of fused-ring (bicyclic) bond motifs is 1. The molecule has 1 saturated carbocycles. The maximum atomic E-state index is 10.1. The van der Waals surface area contributed by atoms with Crippen molar-refractivity contribution in [1.29, 1.82) is 0 Å². The number of anilines is 1. The molecule has 1 aromatic rings. The van der Waals surface area contributed by atoms with Gasteiger partial charge in [-0.25, -0.2) is 0 Å². The van der Waals surface area contributed by atoms with E-state index in [9.17, 15) is 5.11 Å². The van der Waals surface area contributed by atoms with Gasteiger partial charge in [0, 0.05) is 12.2 Å². The summed E-state index contributed by atoms with van der Waals surface area (Å²) >= 11 is 0. The first-order chi connectivity index (χ1) is 10.3. The van der Waals surface area contributed by atoms with Gasteiger partial charge in [-0.15, -0.1) is 0 Å². The molecule has 0 amide bonds. The summed E-state index contributed by atoms with van der Waals surface area (Å²) in [7, 11) is 0. The Labute approximate surface area is 127 Å². The minimum absolute atomic E-state index is 0.379. The highest BCUT2D eigenvalue weighted by molar-refractivity contribution is 5.55. The zero-order chi connectivity index (χ0) is 14.5. The second-order valence-corrected chi connectivity index (χ2v) is 6.42. The minimum Gasteiger partial charge on any atom is -0.389 e. The second kappa shape index (κ2) is 7.28. The van der Waals surface area contributed by atoms with Gasteiger partial charge in [0.05, 0.1) is 18.8 Å². The van der Waals surface area contributed by atoms with Gasteiger partial charge in [0.2, 0.25) is 0 Å². The average molecular weight is 289 g/mol. The Bertz CT molecular complexity index is 455. The van der Waals surface area contributed by atoms with Crippen LogP contribution in [-0.2, 0) is 17.6 Å². The van der Waals surface area contributed by atoms with Gasteiger partial charge in [0.1, 0.15) is 0 Å². The lowest BCUT2D eigenvalue weighted by Crippen LogP contribution is -2.27. The first-order valence-electron chi connectivity index (χ1n) is 8.47. The molecule has 0 bridgehead atoms. The Morgan fingerprint density at radius 3 is 2.81 bits per heavy atom. The highest BCUT2D eigenvalue weighted by Gasteiger charge is 2.17. The van der Waals surface area contributed by atoms with Crippen molar-refractivity contribution in [2.75, 3.05) is 18.5 Å². The van der Waals surface area contributed by atoms with Gasteiger partial charge < -0.3 is 15.2 Å². The zero-order valence-corrected chi connectivity index (χ0v) is 12.8. The third-order valence-corrected chi connectivity index (χ3v) is 4.75. The van der Waals surface area contributed by atoms with E-state index in [4.69, 9.17) is 4.74 Å². The number of rotatable bonds is 6. The number of hydrogen-bond acceptors (Lipinski definition) is 3. The standard InChI is InChI=1S/C18H27NO2/c20-15(13-21-16-8-2-3-9-16)12-19-18-11-5-7-14-6-1-4-10-17(14)18/h5,7,11,15-16,19-20H,1-4,6,8-10,12-13H2. The van der Waals surface area contributed by atoms with Crippen molar-refractivity contribution >= 4 is 5.69 Å². The van der Waals surface area contributed by atoms with E-state index in [0.717, 1.165) is 19.3 Å². The van der Waals surface area contributed by atoms with Crippen LogP contribution in [-0.4, -0.2) is 30.5 Å². The van der Waals surface area contributed by atoms with Crippen LogP contribution in [0.5, 0.6) is 0 Å². The molecule has 3 nitrogen and oxygen atoms in total. The fourth-order valence-electron chi connectivity index (χ4n) is 3.54. The van der Waals surface area contributed by atoms with E-state index < -0.39 is 6.10 Å². The van der Waals surface area contributed by atoms with Crippen molar-refractivity contribution in [2.24, 2.45) is 0 Å². The van der Waals surface area contributed by atoms with E-state index in [0.29, 0.717) is 19.3 Å². The highest BCUT2D eigenvalue weighted by Crippen LogP contribution is 2.27. The van der Waals surface area contributed by atoms with Crippen LogP contribution in [0.25, 0.3) is 0 Å². The molecule has 0 aliphatic heterocycles. The van der Waals surface area contributed by atoms with Gasteiger partial charge in [-0.2, -0.15) is 0 Å². The van der Waals surface area contributed by atoms with Crippen molar-refractivity contribution in [3.05, 3.63) is 29.3 Å². The van der Waals surface area contributed by atoms with Crippen LogP contribution in [0.15, 0.2) is 18.2 Å². The van der Waals surface area contributed by atoms with Crippen LogP contribution >= 0.6 is 0 Å². The molecular formula is C18H27NO2. The molecule has 2 N–H and O–H groups in total. The van der Waals surface area contributed by atoms with Crippen LogP contribution in [0, 0.1) is 0 Å². The number of aryl methyl sites for hydroxylation is 1. The topological polar surface area (TPSA) is 41.5 Å². The first-order valence-corrected chi connectivity index (χ1v) is 8.47. The van der Waals surface area contributed by atoms with Gasteiger partial charge in [-0.05, 0) is 55.7 Å². The third-order valence-electron chi connectivity index (χ3n) is 4.75. The summed E-state index contributed by atoms with van der Waals surface area (Å²) in [5.74, 6) is 0. The lowest BCUT2D eigenvalue weighted by Gasteiger charge is -2.21. The van der Waals surface area contributed by atoms with Gasteiger partial charge in [-0.3, -0.25) is 0 Å². The van der Waals surface area contributed by atoms with Crippen LogP contribution in [0.1, 0.15) is 49.7 Å². The Morgan fingerprint density at radius 2 is 1.95 bits per heavy atom. The predicted molar refractivity (Wildman–Crippen MR) is 85.8 cm³/mol. The molecule has 1 aromatic carbocycles. The monoisotopic (exact) mass is 289 g/mol. The number of ether oxygens (including phenoxy) is 1. The molecule has 0 spiro atoms. The summed E-state index contributed by atoms with van der Waals surface area (Å²) < 4.78 is 5.78. The quantitative estimate of drug-likeness (QED) is 0.844. The van der Waals surface area contributed by atoms with Crippen molar-refractivity contribution in [3.63, 3.8) is 0 Å². The maximum absolute atomic E-state index is 10.1. The highest BCUT2D eigenvalue weighted by atomic mass is 16.5. The predicted octanol–water partition coefficient (Wildman–Crippen LogP) is 3.30. The number of hydrogen-bond donors (Lipinski definition) is 2. The van der Waals surface area contributed by atoms with E-state index in [1.165, 1.54) is 48.9 Å². The number of nitrogens with one attached hydrogen (secondary N) is 1.